The maximum absolute atomic E-state index is 10.9. The van der Waals surface area contributed by atoms with Gasteiger partial charge in [-0.2, -0.15) is 0 Å². The molecule has 19 heavy (non-hydrogen) atoms. The highest BCUT2D eigenvalue weighted by atomic mass is 16.6. The molecule has 0 aliphatic carbocycles. The summed E-state index contributed by atoms with van der Waals surface area (Å²) >= 11 is 0. The third-order valence-electron chi connectivity index (χ3n) is 3.02. The van der Waals surface area contributed by atoms with Crippen LogP contribution in [0.5, 0.6) is 0 Å². The Morgan fingerprint density at radius 3 is 2.26 bits per heavy atom. The van der Waals surface area contributed by atoms with Crippen LogP contribution in [-0.2, 0) is 10.3 Å². The molecule has 0 spiro atoms. The molecule has 0 aliphatic rings. The van der Waals surface area contributed by atoms with Gasteiger partial charge in [0.1, 0.15) is 5.60 Å². The fraction of sp³-hybridized carbons (Fsp3) is 0.188. The zero-order valence-corrected chi connectivity index (χ0v) is 11.1. The van der Waals surface area contributed by atoms with E-state index < -0.39 is 11.7 Å². The van der Waals surface area contributed by atoms with E-state index >= 15 is 0 Å². The van der Waals surface area contributed by atoms with Crippen molar-refractivity contribution in [3.63, 3.8) is 0 Å². The summed E-state index contributed by atoms with van der Waals surface area (Å²) in [4.78, 5) is 10.9. The number of benzene rings is 2. The second-order valence-electron chi connectivity index (χ2n) is 4.88. The number of ether oxygens (including phenoxy) is 1. The molecule has 2 aromatic rings. The summed E-state index contributed by atoms with van der Waals surface area (Å²) in [7, 11) is 0. The molecule has 2 rings (SSSR count). The maximum Gasteiger partial charge on any atom is 0.405 e. The number of carbonyl (C=O) groups excluding carboxylic acids is 1. The quantitative estimate of drug-likeness (QED) is 0.909. The summed E-state index contributed by atoms with van der Waals surface area (Å²) in [6, 6.07) is 18.0. The Morgan fingerprint density at radius 2 is 1.63 bits per heavy atom. The summed E-state index contributed by atoms with van der Waals surface area (Å²) in [6.45, 7) is 3.64. The molecule has 0 fully saturated rings. The molecular formula is C16H17NO2. The van der Waals surface area contributed by atoms with E-state index in [4.69, 9.17) is 10.5 Å². The van der Waals surface area contributed by atoms with Crippen LogP contribution in [-0.4, -0.2) is 6.09 Å². The molecule has 0 saturated carbocycles. The monoisotopic (exact) mass is 255 g/mol. The van der Waals surface area contributed by atoms with Crippen LogP contribution in [0.3, 0.4) is 0 Å². The van der Waals surface area contributed by atoms with Gasteiger partial charge in [0.2, 0.25) is 0 Å². The van der Waals surface area contributed by atoms with Gasteiger partial charge in [-0.25, -0.2) is 4.79 Å². The molecule has 1 amide bonds. The Bertz CT molecular complexity index is 576. The molecule has 0 aromatic heterocycles. The first kappa shape index (κ1) is 13.1. The fourth-order valence-corrected chi connectivity index (χ4v) is 2.01. The standard InChI is InChI=1S/C16H17NO2/c1-16(2,19-15(17)18)14-10-6-9-13(11-14)12-7-4-3-5-8-12/h3-11H,1-2H3,(H2,17,18). The van der Waals surface area contributed by atoms with Crippen LogP contribution < -0.4 is 5.73 Å². The predicted molar refractivity (Wildman–Crippen MR) is 75.6 cm³/mol. The van der Waals surface area contributed by atoms with Crippen LogP contribution in [0.4, 0.5) is 4.79 Å². The molecule has 98 valence electrons. The summed E-state index contributed by atoms with van der Waals surface area (Å²) in [6.07, 6.45) is -0.768. The molecule has 0 bridgehead atoms. The second kappa shape index (κ2) is 5.14. The van der Waals surface area contributed by atoms with Gasteiger partial charge in [-0.15, -0.1) is 0 Å². The predicted octanol–water partition coefficient (Wildman–Crippen LogP) is 3.68. The highest BCUT2D eigenvalue weighted by Crippen LogP contribution is 2.28. The average Bonchev–Trinajstić information content (AvgIpc) is 2.38. The molecule has 3 heteroatoms. The molecule has 3 nitrogen and oxygen atoms in total. The van der Waals surface area contributed by atoms with Crippen LogP contribution in [0.15, 0.2) is 54.6 Å². The van der Waals surface area contributed by atoms with Gasteiger partial charge in [0, 0.05) is 0 Å². The first-order chi connectivity index (χ1) is 8.99. The number of rotatable bonds is 3. The van der Waals surface area contributed by atoms with Gasteiger partial charge < -0.3 is 10.5 Å². The van der Waals surface area contributed by atoms with E-state index in [1.807, 2.05) is 68.4 Å². The van der Waals surface area contributed by atoms with E-state index in [1.54, 1.807) is 0 Å². The van der Waals surface area contributed by atoms with Gasteiger partial charge in [-0.05, 0) is 36.6 Å². The van der Waals surface area contributed by atoms with E-state index in [0.717, 1.165) is 16.7 Å². The van der Waals surface area contributed by atoms with Crippen molar-refractivity contribution in [1.29, 1.82) is 0 Å². The third-order valence-corrected chi connectivity index (χ3v) is 3.02. The average molecular weight is 255 g/mol. The van der Waals surface area contributed by atoms with E-state index in [1.165, 1.54) is 0 Å². The first-order valence-corrected chi connectivity index (χ1v) is 6.13. The van der Waals surface area contributed by atoms with Crippen molar-refractivity contribution in [2.75, 3.05) is 0 Å². The summed E-state index contributed by atoms with van der Waals surface area (Å²) < 4.78 is 5.15. The number of carbonyl (C=O) groups is 1. The van der Waals surface area contributed by atoms with E-state index in [-0.39, 0.29) is 0 Å². The van der Waals surface area contributed by atoms with Gasteiger partial charge in [-0.1, -0.05) is 48.5 Å². The van der Waals surface area contributed by atoms with Gasteiger partial charge in [0.15, 0.2) is 0 Å². The smallest absolute Gasteiger partial charge is 0.405 e. The normalized spacial score (nSPS) is 11.1. The zero-order chi connectivity index (χ0) is 13.9. The van der Waals surface area contributed by atoms with Crippen molar-refractivity contribution in [1.82, 2.24) is 0 Å². The summed E-state index contributed by atoms with van der Waals surface area (Å²) in [5, 5.41) is 0. The SMILES string of the molecule is CC(C)(OC(N)=O)c1cccc(-c2ccccc2)c1. The molecule has 0 heterocycles. The van der Waals surface area contributed by atoms with Crippen LogP contribution >= 0.6 is 0 Å². The third kappa shape index (κ3) is 3.13. The highest BCUT2D eigenvalue weighted by Gasteiger charge is 2.24. The minimum absolute atomic E-state index is 0.739. The Hall–Kier alpha value is -2.29. The van der Waals surface area contributed by atoms with Crippen LogP contribution in [0.25, 0.3) is 11.1 Å². The molecule has 2 aromatic carbocycles. The number of hydrogen-bond donors (Lipinski definition) is 1. The Balaban J connectivity index is 2.37. The lowest BCUT2D eigenvalue weighted by Crippen LogP contribution is -2.28. The van der Waals surface area contributed by atoms with Crippen molar-refractivity contribution < 1.29 is 9.53 Å². The fourth-order valence-electron chi connectivity index (χ4n) is 2.01. The molecule has 0 atom stereocenters. The van der Waals surface area contributed by atoms with Gasteiger partial charge in [0.05, 0.1) is 0 Å². The topological polar surface area (TPSA) is 52.3 Å². The lowest BCUT2D eigenvalue weighted by molar-refractivity contribution is 0.0433. The lowest BCUT2D eigenvalue weighted by atomic mass is 9.94. The molecule has 0 aliphatic heterocycles. The largest absolute Gasteiger partial charge is 0.439 e. The van der Waals surface area contributed by atoms with Crippen molar-refractivity contribution in [2.24, 2.45) is 5.73 Å². The van der Waals surface area contributed by atoms with Crippen molar-refractivity contribution in [2.45, 2.75) is 19.4 Å². The van der Waals surface area contributed by atoms with Crippen molar-refractivity contribution in [3.8, 4) is 11.1 Å². The molecular weight excluding hydrogens is 238 g/mol. The van der Waals surface area contributed by atoms with Gasteiger partial charge >= 0.3 is 6.09 Å². The maximum atomic E-state index is 10.9. The van der Waals surface area contributed by atoms with Crippen LogP contribution in [0.2, 0.25) is 0 Å². The second-order valence-corrected chi connectivity index (χ2v) is 4.88. The minimum atomic E-state index is -0.768. The Morgan fingerprint density at radius 1 is 1.00 bits per heavy atom. The van der Waals surface area contributed by atoms with Crippen LogP contribution in [0.1, 0.15) is 19.4 Å². The molecule has 0 saturated heterocycles. The van der Waals surface area contributed by atoms with Gasteiger partial charge in [-0.3, -0.25) is 0 Å². The van der Waals surface area contributed by atoms with Gasteiger partial charge in [0.25, 0.3) is 0 Å². The summed E-state index contributed by atoms with van der Waals surface area (Å²) in [5.74, 6) is 0. The minimum Gasteiger partial charge on any atom is -0.439 e. The number of primary amides is 1. The molecule has 2 N–H and O–H groups in total. The van der Waals surface area contributed by atoms with Crippen molar-refractivity contribution in [3.05, 3.63) is 60.2 Å². The zero-order valence-electron chi connectivity index (χ0n) is 11.1. The number of hydrogen-bond acceptors (Lipinski definition) is 2. The van der Waals surface area contributed by atoms with E-state index in [0.29, 0.717) is 0 Å². The molecule has 0 unspecified atom stereocenters. The van der Waals surface area contributed by atoms with E-state index in [2.05, 4.69) is 0 Å². The number of amides is 1. The Kier molecular flexibility index (Phi) is 3.56. The van der Waals surface area contributed by atoms with Crippen LogP contribution in [0, 0.1) is 0 Å². The Labute approximate surface area is 113 Å². The first-order valence-electron chi connectivity index (χ1n) is 6.13. The summed E-state index contributed by atoms with van der Waals surface area (Å²) in [5.41, 5.74) is 7.48. The lowest BCUT2D eigenvalue weighted by Gasteiger charge is -2.25. The molecule has 0 radical (unpaired) electrons. The van der Waals surface area contributed by atoms with E-state index in [9.17, 15) is 4.79 Å². The van der Waals surface area contributed by atoms with Crippen molar-refractivity contribution >= 4 is 6.09 Å². The highest BCUT2D eigenvalue weighted by molar-refractivity contribution is 5.67. The number of nitrogens with two attached hydrogens (primary N) is 1.